The second-order valence-electron chi connectivity index (χ2n) is 14.2. The van der Waals surface area contributed by atoms with Crippen LogP contribution in [0.25, 0.3) is 0 Å². The highest BCUT2D eigenvalue weighted by atomic mass is 16.6. The Hall–Kier alpha value is -5.38. The summed E-state index contributed by atoms with van der Waals surface area (Å²) in [6, 6.07) is 25.0. The van der Waals surface area contributed by atoms with Gasteiger partial charge in [0, 0.05) is 13.2 Å². The molecule has 1 atom stereocenters. The number of rotatable bonds is 13. The maximum atomic E-state index is 14.0. The summed E-state index contributed by atoms with van der Waals surface area (Å²) in [5.41, 5.74) is 2.28. The molecule has 0 aliphatic rings. The summed E-state index contributed by atoms with van der Waals surface area (Å²) in [5, 5.41) is 2.84. The van der Waals surface area contributed by atoms with Gasteiger partial charge in [0.15, 0.2) is 0 Å². The summed E-state index contributed by atoms with van der Waals surface area (Å²) >= 11 is 0. The molecule has 0 aliphatic carbocycles. The van der Waals surface area contributed by atoms with Crippen LogP contribution in [0.2, 0.25) is 0 Å². The summed E-state index contributed by atoms with van der Waals surface area (Å²) in [5.74, 6) is -0.130. The molecule has 0 spiro atoms. The normalized spacial score (nSPS) is 12.1. The van der Waals surface area contributed by atoms with Crippen LogP contribution in [0.1, 0.15) is 68.9 Å². The molecule has 1 heterocycles. The van der Waals surface area contributed by atoms with E-state index in [0.717, 1.165) is 22.3 Å². The van der Waals surface area contributed by atoms with Crippen LogP contribution in [-0.4, -0.2) is 53.2 Å². The van der Waals surface area contributed by atoms with Gasteiger partial charge in [0.05, 0.1) is 19.1 Å². The Morgan fingerprint density at radius 2 is 1.47 bits per heavy atom. The molecule has 0 radical (unpaired) electrons. The average Bonchev–Trinajstić information content (AvgIpc) is 3.10. The predicted molar refractivity (Wildman–Crippen MR) is 198 cm³/mol. The highest BCUT2D eigenvalue weighted by Gasteiger charge is 2.34. The Labute approximate surface area is 300 Å². The maximum Gasteiger partial charge on any atom is 0.410 e. The number of hydrogen-bond donors (Lipinski definition) is 1. The van der Waals surface area contributed by atoms with E-state index in [9.17, 15) is 19.2 Å². The molecule has 4 aromatic rings. The molecule has 0 bridgehead atoms. The van der Waals surface area contributed by atoms with Crippen LogP contribution in [0.3, 0.4) is 0 Å². The number of pyridine rings is 1. The Morgan fingerprint density at radius 1 is 0.843 bits per heavy atom. The minimum Gasteiger partial charge on any atom is -0.497 e. The molecule has 3 aromatic carbocycles. The van der Waals surface area contributed by atoms with Gasteiger partial charge < -0.3 is 24.1 Å². The number of carbonyl (C=O) groups is 3. The van der Waals surface area contributed by atoms with Crippen molar-refractivity contribution in [2.45, 2.75) is 84.6 Å². The minimum atomic E-state index is -0.972. The van der Waals surface area contributed by atoms with Crippen LogP contribution < -0.4 is 15.6 Å². The number of nitrogens with one attached hydrogen (secondary N) is 1. The monoisotopic (exact) mass is 695 g/mol. The lowest BCUT2D eigenvalue weighted by molar-refractivity contribution is -0.160. The molecular weight excluding hydrogens is 646 g/mol. The molecule has 0 fully saturated rings. The van der Waals surface area contributed by atoms with Crippen LogP contribution in [0.5, 0.6) is 5.75 Å². The molecule has 0 aliphatic heterocycles. The molecule has 10 heteroatoms. The second kappa shape index (κ2) is 16.6. The third kappa shape index (κ3) is 10.3. The highest BCUT2D eigenvalue weighted by molar-refractivity contribution is 5.97. The number of methoxy groups -OCH3 is 1. The van der Waals surface area contributed by atoms with Gasteiger partial charge >= 0.3 is 12.1 Å². The van der Waals surface area contributed by atoms with Gasteiger partial charge in [-0.2, -0.15) is 0 Å². The number of nitrogens with zero attached hydrogens (tertiary/aromatic N) is 2. The van der Waals surface area contributed by atoms with Crippen molar-refractivity contribution in [2.75, 3.05) is 19.5 Å². The maximum absolute atomic E-state index is 14.0. The zero-order valence-corrected chi connectivity index (χ0v) is 30.8. The van der Waals surface area contributed by atoms with Crippen molar-refractivity contribution < 1.29 is 28.6 Å². The van der Waals surface area contributed by atoms with E-state index >= 15 is 0 Å². The standard InChI is InChI=1S/C41H49N3O7/c1-28-24-25-44(26-30-16-21-33(49-8)22-17-30)37(46)35(28)42-36(45)34(43(7)39(48)50-27-31-12-10-9-11-13-31)23-18-29-14-19-32(20-15-29)41(5,6)38(47)51-40(2,3)4/h9-17,19-22,24-25,34H,18,23,26-27H2,1-8H3,(H,42,45). The van der Waals surface area contributed by atoms with Crippen molar-refractivity contribution in [2.24, 2.45) is 0 Å². The predicted octanol–water partition coefficient (Wildman–Crippen LogP) is 7.04. The fraction of sp³-hybridized carbons (Fsp3) is 0.366. The molecule has 10 nitrogen and oxygen atoms in total. The first-order valence-corrected chi connectivity index (χ1v) is 17.0. The molecule has 51 heavy (non-hydrogen) atoms. The number of hydrogen-bond acceptors (Lipinski definition) is 7. The van der Waals surface area contributed by atoms with Gasteiger partial charge in [-0.3, -0.25) is 19.3 Å². The van der Waals surface area contributed by atoms with Gasteiger partial charge in [-0.1, -0.05) is 66.7 Å². The van der Waals surface area contributed by atoms with Crippen LogP contribution in [0.15, 0.2) is 95.9 Å². The smallest absolute Gasteiger partial charge is 0.410 e. The van der Waals surface area contributed by atoms with Crippen molar-refractivity contribution in [3.8, 4) is 5.75 Å². The first-order valence-electron chi connectivity index (χ1n) is 17.0. The molecule has 1 aromatic heterocycles. The highest BCUT2D eigenvalue weighted by Crippen LogP contribution is 2.28. The van der Waals surface area contributed by atoms with Gasteiger partial charge in [0.1, 0.15) is 29.7 Å². The fourth-order valence-electron chi connectivity index (χ4n) is 5.44. The number of amides is 2. The number of anilines is 1. The summed E-state index contributed by atoms with van der Waals surface area (Å²) < 4.78 is 18.0. The van der Waals surface area contributed by atoms with Gasteiger partial charge in [-0.05, 0) is 100 Å². The van der Waals surface area contributed by atoms with E-state index in [1.165, 1.54) is 16.5 Å². The average molecular weight is 696 g/mol. The van der Waals surface area contributed by atoms with Gasteiger partial charge in [-0.15, -0.1) is 0 Å². The van der Waals surface area contributed by atoms with Crippen molar-refractivity contribution in [1.29, 1.82) is 0 Å². The van der Waals surface area contributed by atoms with E-state index in [1.807, 2.05) is 113 Å². The van der Waals surface area contributed by atoms with Gasteiger partial charge in [0.2, 0.25) is 5.91 Å². The van der Waals surface area contributed by atoms with Gasteiger partial charge in [0.25, 0.3) is 5.56 Å². The first-order chi connectivity index (χ1) is 24.1. The molecule has 0 saturated heterocycles. The summed E-state index contributed by atoms with van der Waals surface area (Å²) in [6.07, 6.45) is 1.69. The number of esters is 1. The number of carbonyl (C=O) groups excluding carboxylic acids is 3. The second-order valence-corrected chi connectivity index (χ2v) is 14.2. The molecule has 270 valence electrons. The number of aryl methyl sites for hydroxylation is 2. The molecule has 2 amide bonds. The van der Waals surface area contributed by atoms with Crippen molar-refractivity contribution >= 4 is 23.7 Å². The van der Waals surface area contributed by atoms with Crippen LogP contribution in [0.4, 0.5) is 10.5 Å². The lowest BCUT2D eigenvalue weighted by Gasteiger charge is -2.29. The minimum absolute atomic E-state index is 0.0428. The zero-order valence-electron chi connectivity index (χ0n) is 30.8. The number of benzene rings is 3. The number of likely N-dealkylation sites (N-methyl/N-ethyl adjacent to an activating group) is 1. The summed E-state index contributed by atoms with van der Waals surface area (Å²) in [4.78, 5) is 55.1. The SMILES string of the molecule is COc1ccc(Cn2ccc(C)c(NC(=O)C(CCc3ccc(C(C)(C)C(=O)OC(C)(C)C)cc3)N(C)C(=O)OCc3ccccc3)c2=O)cc1. The van der Waals surface area contributed by atoms with Crippen molar-refractivity contribution in [1.82, 2.24) is 9.47 Å². The molecule has 4 rings (SSSR count). The topological polar surface area (TPSA) is 116 Å². The van der Waals surface area contributed by atoms with E-state index < -0.39 is 29.1 Å². The first kappa shape index (κ1) is 38.4. The van der Waals surface area contributed by atoms with Gasteiger partial charge in [-0.25, -0.2) is 4.79 Å². The Bertz CT molecular complexity index is 1860. The van der Waals surface area contributed by atoms with E-state index in [-0.39, 0.29) is 30.2 Å². The molecule has 1 N–H and O–H groups in total. The zero-order chi connectivity index (χ0) is 37.3. The van der Waals surface area contributed by atoms with E-state index in [1.54, 1.807) is 26.3 Å². The van der Waals surface area contributed by atoms with Crippen LogP contribution >= 0.6 is 0 Å². The van der Waals surface area contributed by atoms with E-state index in [0.29, 0.717) is 24.3 Å². The third-order valence-electron chi connectivity index (χ3n) is 8.69. The van der Waals surface area contributed by atoms with Crippen molar-refractivity contribution in [3.05, 3.63) is 129 Å². The molecule has 1 unspecified atom stereocenters. The Balaban J connectivity index is 1.55. The molecular formula is C41H49N3O7. The largest absolute Gasteiger partial charge is 0.497 e. The Kier molecular flexibility index (Phi) is 12.5. The van der Waals surface area contributed by atoms with Crippen LogP contribution in [-0.2, 0) is 44.1 Å². The third-order valence-corrected chi connectivity index (χ3v) is 8.69. The van der Waals surface area contributed by atoms with Crippen LogP contribution in [0, 0.1) is 6.92 Å². The number of aromatic nitrogens is 1. The number of ether oxygens (including phenoxy) is 3. The fourth-order valence-corrected chi connectivity index (χ4v) is 5.44. The Morgan fingerprint density at radius 3 is 2.08 bits per heavy atom. The quantitative estimate of drug-likeness (QED) is 0.149. The van der Waals surface area contributed by atoms with E-state index in [4.69, 9.17) is 14.2 Å². The lowest BCUT2D eigenvalue weighted by Crippen LogP contribution is -2.46. The summed E-state index contributed by atoms with van der Waals surface area (Å²) in [7, 11) is 3.11. The lowest BCUT2D eigenvalue weighted by atomic mass is 9.84. The van der Waals surface area contributed by atoms with Crippen molar-refractivity contribution in [3.63, 3.8) is 0 Å². The molecule has 0 saturated carbocycles. The van der Waals surface area contributed by atoms with E-state index in [2.05, 4.69) is 5.32 Å². The summed E-state index contributed by atoms with van der Waals surface area (Å²) in [6.45, 7) is 11.2.